The topological polar surface area (TPSA) is 81.3 Å². The molecule has 0 radical (unpaired) electrons. The molecule has 2 heterocycles. The lowest BCUT2D eigenvalue weighted by Gasteiger charge is -2.34. The van der Waals surface area contributed by atoms with Crippen molar-refractivity contribution in [3.8, 4) is 11.3 Å². The zero-order valence-electron chi connectivity index (χ0n) is 19.1. The Balaban J connectivity index is 1.54. The monoisotopic (exact) mass is 493 g/mol. The fourth-order valence-electron chi connectivity index (χ4n) is 4.56. The lowest BCUT2D eigenvalue weighted by atomic mass is 9.69. The van der Waals surface area contributed by atoms with E-state index in [-0.39, 0.29) is 22.6 Å². The van der Waals surface area contributed by atoms with E-state index in [1.807, 2.05) is 18.2 Å². The minimum atomic E-state index is -0.337. The molecule has 2 aromatic heterocycles. The summed E-state index contributed by atoms with van der Waals surface area (Å²) in [5.41, 5.74) is 3.80. The van der Waals surface area contributed by atoms with E-state index in [1.54, 1.807) is 36.0 Å². The molecule has 7 nitrogen and oxygen atoms in total. The number of rotatable bonds is 5. The second-order valence-corrected chi connectivity index (χ2v) is 10.2. The average molecular weight is 494 g/mol. The zero-order valence-corrected chi connectivity index (χ0v) is 20.7. The Kier molecular flexibility index (Phi) is 5.73. The Morgan fingerprint density at radius 1 is 1.24 bits per heavy atom. The van der Waals surface area contributed by atoms with Crippen molar-refractivity contribution in [3.05, 3.63) is 75.0 Å². The van der Waals surface area contributed by atoms with Crippen LogP contribution in [-0.4, -0.2) is 30.8 Å². The molecule has 1 N–H and O–H groups in total. The first-order chi connectivity index (χ1) is 16.3. The van der Waals surface area contributed by atoms with Crippen molar-refractivity contribution in [2.75, 3.05) is 11.1 Å². The first-order valence-corrected chi connectivity index (χ1v) is 12.4. The molecule has 34 heavy (non-hydrogen) atoms. The molecule has 1 amide bonds. The molecule has 0 spiro atoms. The summed E-state index contributed by atoms with van der Waals surface area (Å²) in [5, 5.41) is 8.33. The third-order valence-electron chi connectivity index (χ3n) is 6.46. The lowest BCUT2D eigenvalue weighted by Crippen LogP contribution is -2.37. The summed E-state index contributed by atoms with van der Waals surface area (Å²) in [4.78, 5) is 31.4. The van der Waals surface area contributed by atoms with Gasteiger partial charge >= 0.3 is 0 Å². The highest BCUT2D eigenvalue weighted by Crippen LogP contribution is 2.42. The molecule has 0 fully saturated rings. The Bertz CT molecular complexity index is 1490. The van der Waals surface area contributed by atoms with Crippen LogP contribution in [0.4, 0.5) is 5.69 Å². The maximum absolute atomic E-state index is 13.9. The van der Waals surface area contributed by atoms with Crippen LogP contribution in [0.2, 0.25) is 5.02 Å². The van der Waals surface area contributed by atoms with Crippen LogP contribution in [0.5, 0.6) is 0 Å². The van der Waals surface area contributed by atoms with Gasteiger partial charge < -0.3 is 5.32 Å². The molecule has 174 valence electrons. The number of aromatic nitrogens is 4. The summed E-state index contributed by atoms with van der Waals surface area (Å²) < 4.78 is 3.14. The zero-order chi connectivity index (χ0) is 24.0. The van der Waals surface area contributed by atoms with E-state index in [1.165, 1.54) is 21.7 Å². The number of hydrogen-bond donors (Lipinski definition) is 1. The predicted octanol–water partition coefficient (Wildman–Crippen LogP) is 4.70. The number of fused-ring (bicyclic) bond motifs is 4. The summed E-state index contributed by atoms with van der Waals surface area (Å²) in [6.45, 7) is 4.23. The number of anilines is 1. The van der Waals surface area contributed by atoms with Gasteiger partial charge in [0.25, 0.3) is 5.56 Å². The molecule has 5 rings (SSSR count). The molecular formula is C25H24ClN5O2S. The molecule has 0 saturated heterocycles. The number of halogens is 1. The SMILES string of the molecule is CCC1(C)Cc2ccccc2-c2nc3n(C)nc(SCC(=O)Nc4cccc(Cl)c4)n3c(=O)c21. The van der Waals surface area contributed by atoms with E-state index in [9.17, 15) is 9.59 Å². The third-order valence-corrected chi connectivity index (χ3v) is 7.62. The van der Waals surface area contributed by atoms with Crippen molar-refractivity contribution in [1.82, 2.24) is 19.2 Å². The molecule has 1 aliphatic carbocycles. The highest BCUT2D eigenvalue weighted by molar-refractivity contribution is 7.99. The van der Waals surface area contributed by atoms with Crippen LogP contribution in [0.25, 0.3) is 17.0 Å². The van der Waals surface area contributed by atoms with Crippen LogP contribution < -0.4 is 10.9 Å². The Hall–Kier alpha value is -3.10. The van der Waals surface area contributed by atoms with Crippen molar-refractivity contribution < 1.29 is 4.79 Å². The number of thioether (sulfide) groups is 1. The van der Waals surface area contributed by atoms with Gasteiger partial charge in [0.1, 0.15) is 0 Å². The normalized spacial score (nSPS) is 16.8. The van der Waals surface area contributed by atoms with Crippen LogP contribution >= 0.6 is 23.4 Å². The number of nitrogens with zero attached hydrogens (tertiary/aromatic N) is 4. The van der Waals surface area contributed by atoms with E-state index in [4.69, 9.17) is 16.6 Å². The summed E-state index contributed by atoms with van der Waals surface area (Å²) in [6, 6.07) is 15.1. The van der Waals surface area contributed by atoms with Gasteiger partial charge in [0.15, 0.2) is 5.16 Å². The van der Waals surface area contributed by atoms with Gasteiger partial charge in [0.2, 0.25) is 11.7 Å². The van der Waals surface area contributed by atoms with Crippen molar-refractivity contribution in [2.45, 2.75) is 37.3 Å². The minimum absolute atomic E-state index is 0.0933. The molecule has 0 aliphatic heterocycles. The quantitative estimate of drug-likeness (QED) is 0.407. The average Bonchev–Trinajstić information content (AvgIpc) is 3.13. The van der Waals surface area contributed by atoms with Crippen molar-refractivity contribution in [1.29, 1.82) is 0 Å². The maximum Gasteiger partial charge on any atom is 0.265 e. The van der Waals surface area contributed by atoms with Gasteiger partial charge in [0, 0.05) is 28.7 Å². The van der Waals surface area contributed by atoms with Crippen LogP contribution in [0.1, 0.15) is 31.4 Å². The standard InChI is InChI=1S/C25H24ClN5O2S/c1-4-25(2)13-15-8-5-6-11-18(15)21-20(25)22(33)31-23(28-21)30(3)29-24(31)34-14-19(32)27-17-10-7-9-16(26)12-17/h5-12H,4,13-14H2,1-3H3,(H,27,32). The molecule has 1 unspecified atom stereocenters. The first-order valence-electron chi connectivity index (χ1n) is 11.1. The highest BCUT2D eigenvalue weighted by atomic mass is 35.5. The second kappa shape index (κ2) is 8.60. The van der Waals surface area contributed by atoms with Gasteiger partial charge in [-0.3, -0.25) is 9.59 Å². The number of carbonyl (C=O) groups excluding carboxylic acids is 1. The van der Waals surface area contributed by atoms with Crippen molar-refractivity contribution >= 4 is 40.7 Å². The van der Waals surface area contributed by atoms with Gasteiger partial charge in [-0.05, 0) is 36.6 Å². The molecule has 2 aromatic carbocycles. The molecule has 9 heteroatoms. The fourth-order valence-corrected chi connectivity index (χ4v) is 5.56. The van der Waals surface area contributed by atoms with Crippen molar-refractivity contribution in [2.24, 2.45) is 7.05 Å². The molecule has 0 saturated carbocycles. The largest absolute Gasteiger partial charge is 0.325 e. The Morgan fingerprint density at radius 2 is 2.03 bits per heavy atom. The van der Waals surface area contributed by atoms with E-state index >= 15 is 0 Å². The first kappa shape index (κ1) is 22.7. The third kappa shape index (κ3) is 3.80. The number of nitrogens with one attached hydrogen (secondary N) is 1. The summed E-state index contributed by atoms with van der Waals surface area (Å²) in [7, 11) is 1.76. The van der Waals surface area contributed by atoms with E-state index in [0.717, 1.165) is 24.1 Å². The molecule has 4 aromatic rings. The van der Waals surface area contributed by atoms with Gasteiger partial charge in [-0.25, -0.2) is 14.1 Å². The predicted molar refractivity (Wildman–Crippen MR) is 136 cm³/mol. The Labute approximate surface area is 206 Å². The summed E-state index contributed by atoms with van der Waals surface area (Å²) in [5.74, 6) is 0.338. The van der Waals surface area contributed by atoms with E-state index < -0.39 is 0 Å². The minimum Gasteiger partial charge on any atom is -0.325 e. The smallest absolute Gasteiger partial charge is 0.265 e. The molecule has 0 bridgehead atoms. The number of hydrogen-bond acceptors (Lipinski definition) is 5. The Morgan fingerprint density at radius 3 is 2.79 bits per heavy atom. The van der Waals surface area contributed by atoms with Crippen LogP contribution in [-0.2, 0) is 23.7 Å². The van der Waals surface area contributed by atoms with Crippen LogP contribution in [0, 0.1) is 0 Å². The fraction of sp³-hybridized carbons (Fsp3) is 0.280. The van der Waals surface area contributed by atoms with Crippen LogP contribution in [0.15, 0.2) is 58.5 Å². The van der Waals surface area contributed by atoms with Gasteiger partial charge in [-0.2, -0.15) is 0 Å². The number of benzene rings is 2. The second-order valence-electron chi connectivity index (χ2n) is 8.78. The van der Waals surface area contributed by atoms with Gasteiger partial charge in [-0.1, -0.05) is 67.5 Å². The van der Waals surface area contributed by atoms with Gasteiger partial charge in [0.05, 0.1) is 17.0 Å². The number of carbonyl (C=O) groups is 1. The van der Waals surface area contributed by atoms with Crippen molar-refractivity contribution in [3.63, 3.8) is 0 Å². The number of aryl methyl sites for hydroxylation is 1. The van der Waals surface area contributed by atoms with Gasteiger partial charge in [-0.15, -0.1) is 5.10 Å². The van der Waals surface area contributed by atoms with Crippen LogP contribution in [0.3, 0.4) is 0 Å². The summed E-state index contributed by atoms with van der Waals surface area (Å²) in [6.07, 6.45) is 1.59. The lowest BCUT2D eigenvalue weighted by molar-refractivity contribution is -0.113. The molecule has 1 atom stereocenters. The molecule has 1 aliphatic rings. The number of amides is 1. The summed E-state index contributed by atoms with van der Waals surface area (Å²) >= 11 is 7.20. The van der Waals surface area contributed by atoms with E-state index in [0.29, 0.717) is 27.2 Å². The maximum atomic E-state index is 13.9. The van der Waals surface area contributed by atoms with E-state index in [2.05, 4.69) is 30.3 Å². The molecular weight excluding hydrogens is 470 g/mol. The highest BCUT2D eigenvalue weighted by Gasteiger charge is 2.38.